The third-order valence-electron chi connectivity index (χ3n) is 2.54. The molecule has 0 spiro atoms. The van der Waals surface area contributed by atoms with Crippen LogP contribution < -0.4 is 4.74 Å². The second-order valence-corrected chi connectivity index (χ2v) is 5.58. The maximum absolute atomic E-state index is 12.2. The second-order valence-electron chi connectivity index (χ2n) is 3.56. The molecule has 0 saturated heterocycles. The van der Waals surface area contributed by atoms with Gasteiger partial charge in [-0.25, -0.2) is 12.7 Å². The van der Waals surface area contributed by atoms with Crippen LogP contribution in [0.15, 0.2) is 23.1 Å². The van der Waals surface area contributed by atoms with Gasteiger partial charge in [0.25, 0.3) is 0 Å². The molecule has 1 N–H and O–H groups in total. The molecule has 0 radical (unpaired) electrons. The maximum atomic E-state index is 12.2. The highest BCUT2D eigenvalue weighted by Crippen LogP contribution is 2.27. The molecule has 96 valence electrons. The SMILES string of the molecule is CCN(C)S(=O)(=O)c1cc(CO)ccc1OC. The lowest BCUT2D eigenvalue weighted by Crippen LogP contribution is -2.27. The average Bonchev–Trinajstić information content (AvgIpc) is 2.36. The summed E-state index contributed by atoms with van der Waals surface area (Å²) in [6.45, 7) is 1.91. The van der Waals surface area contributed by atoms with E-state index in [0.717, 1.165) is 0 Å². The summed E-state index contributed by atoms with van der Waals surface area (Å²) in [5, 5.41) is 9.04. The lowest BCUT2D eigenvalue weighted by atomic mass is 10.2. The monoisotopic (exact) mass is 259 g/mol. The third-order valence-corrected chi connectivity index (χ3v) is 4.50. The molecule has 1 aromatic carbocycles. The molecule has 0 fully saturated rings. The second kappa shape index (κ2) is 5.48. The Labute approximate surface area is 102 Å². The fraction of sp³-hybridized carbons (Fsp3) is 0.455. The Morgan fingerprint density at radius 2 is 2.06 bits per heavy atom. The van der Waals surface area contributed by atoms with E-state index in [1.807, 2.05) is 0 Å². The van der Waals surface area contributed by atoms with E-state index in [1.54, 1.807) is 19.1 Å². The molecule has 0 amide bonds. The van der Waals surface area contributed by atoms with E-state index in [1.165, 1.54) is 24.5 Å². The molecule has 0 saturated carbocycles. The fourth-order valence-electron chi connectivity index (χ4n) is 1.36. The summed E-state index contributed by atoms with van der Waals surface area (Å²) in [5.74, 6) is 0.280. The van der Waals surface area contributed by atoms with Crippen LogP contribution >= 0.6 is 0 Å². The summed E-state index contributed by atoms with van der Waals surface area (Å²) >= 11 is 0. The van der Waals surface area contributed by atoms with Gasteiger partial charge >= 0.3 is 0 Å². The van der Waals surface area contributed by atoms with Crippen molar-refractivity contribution in [3.63, 3.8) is 0 Å². The number of aliphatic hydroxyl groups is 1. The number of benzene rings is 1. The number of hydrogen-bond donors (Lipinski definition) is 1. The smallest absolute Gasteiger partial charge is 0.246 e. The molecule has 0 heterocycles. The first-order valence-electron chi connectivity index (χ1n) is 5.21. The predicted molar refractivity (Wildman–Crippen MR) is 64.4 cm³/mol. The molecule has 1 aromatic rings. The summed E-state index contributed by atoms with van der Waals surface area (Å²) in [4.78, 5) is 0.0795. The van der Waals surface area contributed by atoms with Crippen LogP contribution in [-0.4, -0.2) is 38.5 Å². The van der Waals surface area contributed by atoms with E-state index in [2.05, 4.69) is 0 Å². The van der Waals surface area contributed by atoms with Crippen molar-refractivity contribution < 1.29 is 18.3 Å². The van der Waals surface area contributed by atoms with Gasteiger partial charge in [0, 0.05) is 13.6 Å². The van der Waals surface area contributed by atoms with E-state index in [4.69, 9.17) is 9.84 Å². The lowest BCUT2D eigenvalue weighted by molar-refractivity contribution is 0.281. The van der Waals surface area contributed by atoms with Crippen LogP contribution in [0.25, 0.3) is 0 Å². The highest BCUT2D eigenvalue weighted by Gasteiger charge is 2.23. The molecule has 0 unspecified atom stereocenters. The molecule has 1 rings (SSSR count). The number of hydrogen-bond acceptors (Lipinski definition) is 4. The predicted octanol–water partition coefficient (Wildman–Crippen LogP) is 0.828. The van der Waals surface area contributed by atoms with Crippen LogP contribution in [-0.2, 0) is 16.6 Å². The van der Waals surface area contributed by atoms with Crippen LogP contribution in [0.3, 0.4) is 0 Å². The Morgan fingerprint density at radius 1 is 1.41 bits per heavy atom. The van der Waals surface area contributed by atoms with Crippen molar-refractivity contribution in [3.05, 3.63) is 23.8 Å². The highest BCUT2D eigenvalue weighted by molar-refractivity contribution is 7.89. The van der Waals surface area contributed by atoms with E-state index in [9.17, 15) is 8.42 Å². The van der Waals surface area contributed by atoms with Gasteiger partial charge in [0.2, 0.25) is 10.0 Å². The minimum absolute atomic E-state index is 0.0795. The van der Waals surface area contributed by atoms with E-state index >= 15 is 0 Å². The first-order chi connectivity index (χ1) is 7.97. The molecule has 0 aromatic heterocycles. The first kappa shape index (κ1) is 14.0. The topological polar surface area (TPSA) is 66.8 Å². The summed E-state index contributed by atoms with van der Waals surface area (Å²) < 4.78 is 30.6. The van der Waals surface area contributed by atoms with Crippen molar-refractivity contribution in [2.24, 2.45) is 0 Å². The molecular weight excluding hydrogens is 242 g/mol. The average molecular weight is 259 g/mol. The molecule has 0 atom stereocenters. The lowest BCUT2D eigenvalue weighted by Gasteiger charge is -2.17. The number of aliphatic hydroxyl groups excluding tert-OH is 1. The van der Waals surface area contributed by atoms with Gasteiger partial charge in [-0.15, -0.1) is 0 Å². The Balaban J connectivity index is 3.37. The Hall–Kier alpha value is -1.11. The molecule has 5 nitrogen and oxygen atoms in total. The first-order valence-corrected chi connectivity index (χ1v) is 6.65. The minimum Gasteiger partial charge on any atom is -0.495 e. The summed E-state index contributed by atoms with van der Waals surface area (Å²) in [7, 11) is -0.651. The van der Waals surface area contributed by atoms with Gasteiger partial charge in [0.05, 0.1) is 13.7 Å². The van der Waals surface area contributed by atoms with Gasteiger partial charge in [0.15, 0.2) is 0 Å². The normalized spacial score (nSPS) is 11.8. The number of methoxy groups -OCH3 is 1. The molecule has 0 aliphatic carbocycles. The summed E-state index contributed by atoms with van der Waals surface area (Å²) in [6.07, 6.45) is 0. The number of ether oxygens (including phenoxy) is 1. The maximum Gasteiger partial charge on any atom is 0.246 e. The molecule has 6 heteroatoms. The van der Waals surface area contributed by atoms with Crippen molar-refractivity contribution in [3.8, 4) is 5.75 Å². The van der Waals surface area contributed by atoms with Gasteiger partial charge in [0.1, 0.15) is 10.6 Å². The van der Waals surface area contributed by atoms with E-state index in [0.29, 0.717) is 12.1 Å². The molecule has 0 aliphatic heterocycles. The molecular formula is C11H17NO4S. The Kier molecular flexibility index (Phi) is 4.50. The van der Waals surface area contributed by atoms with Crippen LogP contribution in [0.2, 0.25) is 0 Å². The Morgan fingerprint density at radius 3 is 2.53 bits per heavy atom. The van der Waals surface area contributed by atoms with Crippen molar-refractivity contribution in [1.29, 1.82) is 0 Å². The van der Waals surface area contributed by atoms with E-state index < -0.39 is 10.0 Å². The zero-order valence-electron chi connectivity index (χ0n) is 10.2. The van der Waals surface area contributed by atoms with Crippen molar-refractivity contribution >= 4 is 10.0 Å². The summed E-state index contributed by atoms with van der Waals surface area (Å²) in [6, 6.07) is 4.60. The van der Waals surface area contributed by atoms with Crippen LogP contribution in [0.4, 0.5) is 0 Å². The fourth-order valence-corrected chi connectivity index (χ4v) is 2.74. The number of nitrogens with zero attached hydrogens (tertiary/aromatic N) is 1. The zero-order valence-corrected chi connectivity index (χ0v) is 11.0. The quantitative estimate of drug-likeness (QED) is 0.850. The van der Waals surface area contributed by atoms with Crippen molar-refractivity contribution in [2.45, 2.75) is 18.4 Å². The largest absolute Gasteiger partial charge is 0.495 e. The van der Waals surface area contributed by atoms with E-state index in [-0.39, 0.29) is 17.3 Å². The van der Waals surface area contributed by atoms with Crippen molar-refractivity contribution in [2.75, 3.05) is 20.7 Å². The van der Waals surface area contributed by atoms with Gasteiger partial charge < -0.3 is 9.84 Å². The van der Waals surface area contributed by atoms with Gasteiger partial charge in [-0.3, -0.25) is 0 Å². The molecule has 0 bridgehead atoms. The number of rotatable bonds is 5. The van der Waals surface area contributed by atoms with Gasteiger partial charge in [-0.1, -0.05) is 13.0 Å². The van der Waals surface area contributed by atoms with Gasteiger partial charge in [-0.05, 0) is 17.7 Å². The Bertz CT molecular complexity index is 484. The highest BCUT2D eigenvalue weighted by atomic mass is 32.2. The minimum atomic E-state index is -3.57. The molecule has 0 aliphatic rings. The van der Waals surface area contributed by atoms with Gasteiger partial charge in [-0.2, -0.15) is 0 Å². The summed E-state index contributed by atoms with van der Waals surface area (Å²) in [5.41, 5.74) is 0.536. The number of sulfonamides is 1. The zero-order chi connectivity index (χ0) is 13.1. The van der Waals surface area contributed by atoms with Crippen LogP contribution in [0.1, 0.15) is 12.5 Å². The standard InChI is InChI=1S/C11H17NO4S/c1-4-12(2)17(14,15)11-7-9(8-13)5-6-10(11)16-3/h5-7,13H,4,8H2,1-3H3. The third kappa shape index (κ3) is 2.77. The van der Waals surface area contributed by atoms with Crippen LogP contribution in [0, 0.1) is 0 Å². The van der Waals surface area contributed by atoms with Crippen LogP contribution in [0.5, 0.6) is 5.75 Å². The molecule has 17 heavy (non-hydrogen) atoms. The van der Waals surface area contributed by atoms with Crippen molar-refractivity contribution in [1.82, 2.24) is 4.31 Å².